The van der Waals surface area contributed by atoms with Crippen molar-refractivity contribution in [3.8, 4) is 11.8 Å². The van der Waals surface area contributed by atoms with Crippen LogP contribution in [0.3, 0.4) is 0 Å². The molecule has 1 aromatic rings. The Morgan fingerprint density at radius 1 is 1.50 bits per heavy atom. The Morgan fingerprint density at radius 2 is 2.25 bits per heavy atom. The average Bonchev–Trinajstić information content (AvgIpc) is 2.25. The molecule has 1 rings (SSSR count). The van der Waals surface area contributed by atoms with Crippen molar-refractivity contribution in [3.63, 3.8) is 0 Å². The first-order valence-electron chi connectivity index (χ1n) is 5.27. The van der Waals surface area contributed by atoms with Crippen LogP contribution in [0.2, 0.25) is 0 Å². The van der Waals surface area contributed by atoms with E-state index in [1.165, 1.54) is 6.07 Å². The maximum Gasteiger partial charge on any atom is 0.124 e. The summed E-state index contributed by atoms with van der Waals surface area (Å²) in [6, 6.07) is 5.08. The van der Waals surface area contributed by atoms with E-state index in [9.17, 15) is 4.39 Å². The molecule has 0 aliphatic heterocycles. The summed E-state index contributed by atoms with van der Waals surface area (Å²) >= 11 is 2.16. The summed E-state index contributed by atoms with van der Waals surface area (Å²) in [5.74, 6) is 5.76. The summed E-state index contributed by atoms with van der Waals surface area (Å²) in [5.41, 5.74) is 1.12. The minimum absolute atomic E-state index is 0.185. The van der Waals surface area contributed by atoms with Crippen molar-refractivity contribution in [2.75, 3.05) is 6.54 Å². The molecule has 0 amide bonds. The van der Waals surface area contributed by atoms with E-state index >= 15 is 0 Å². The topological polar surface area (TPSA) is 12.0 Å². The third-order valence-electron chi connectivity index (χ3n) is 2.27. The predicted octanol–water partition coefficient (Wildman–Crippen LogP) is 3.49. The van der Waals surface area contributed by atoms with Gasteiger partial charge in [0.2, 0.25) is 0 Å². The van der Waals surface area contributed by atoms with Gasteiger partial charge in [-0.15, -0.1) is 11.8 Å². The molecule has 0 radical (unpaired) electrons. The van der Waals surface area contributed by atoms with Gasteiger partial charge in [-0.25, -0.2) is 4.39 Å². The Labute approximate surface area is 110 Å². The van der Waals surface area contributed by atoms with Crippen molar-refractivity contribution < 1.29 is 4.39 Å². The summed E-state index contributed by atoms with van der Waals surface area (Å²) in [5, 5.41) is 3.36. The number of hydrogen-bond acceptors (Lipinski definition) is 1. The SMILES string of the molecule is CC#CCC(NCC)c1ccc(F)cc1I. The number of nitrogens with one attached hydrogen (secondary N) is 1. The fourth-order valence-electron chi connectivity index (χ4n) is 1.53. The van der Waals surface area contributed by atoms with Crippen molar-refractivity contribution >= 4 is 22.6 Å². The molecule has 0 saturated heterocycles. The smallest absolute Gasteiger partial charge is 0.124 e. The first kappa shape index (κ1) is 13.5. The highest BCUT2D eigenvalue weighted by molar-refractivity contribution is 14.1. The molecule has 0 spiro atoms. The zero-order valence-corrected chi connectivity index (χ0v) is 11.6. The zero-order chi connectivity index (χ0) is 12.0. The van der Waals surface area contributed by atoms with Gasteiger partial charge in [-0.1, -0.05) is 13.0 Å². The molecule has 0 aromatic heterocycles. The molecule has 0 saturated carbocycles. The van der Waals surface area contributed by atoms with Gasteiger partial charge < -0.3 is 5.32 Å². The second-order valence-corrected chi connectivity index (χ2v) is 4.57. The van der Waals surface area contributed by atoms with Crippen molar-refractivity contribution in [2.45, 2.75) is 26.3 Å². The van der Waals surface area contributed by atoms with Crippen LogP contribution in [0.1, 0.15) is 31.9 Å². The minimum atomic E-state index is -0.190. The highest BCUT2D eigenvalue weighted by Crippen LogP contribution is 2.23. The third-order valence-corrected chi connectivity index (χ3v) is 3.21. The monoisotopic (exact) mass is 331 g/mol. The molecule has 0 heterocycles. The lowest BCUT2D eigenvalue weighted by molar-refractivity contribution is 0.559. The summed E-state index contributed by atoms with van der Waals surface area (Å²) < 4.78 is 13.9. The Bertz CT molecular complexity index is 406. The molecule has 1 N–H and O–H groups in total. The van der Waals surface area contributed by atoms with Crippen LogP contribution in [-0.2, 0) is 0 Å². The van der Waals surface area contributed by atoms with E-state index in [4.69, 9.17) is 0 Å². The second-order valence-electron chi connectivity index (χ2n) is 3.41. The van der Waals surface area contributed by atoms with Gasteiger partial charge in [0.05, 0.1) is 0 Å². The van der Waals surface area contributed by atoms with E-state index in [0.29, 0.717) is 0 Å². The minimum Gasteiger partial charge on any atom is -0.309 e. The Kier molecular flexibility index (Phi) is 5.78. The van der Waals surface area contributed by atoms with Gasteiger partial charge in [-0.2, -0.15) is 0 Å². The lowest BCUT2D eigenvalue weighted by atomic mass is 10.0. The molecule has 0 aliphatic carbocycles. The van der Waals surface area contributed by atoms with Gasteiger partial charge in [-0.3, -0.25) is 0 Å². The number of hydrogen-bond donors (Lipinski definition) is 1. The molecule has 1 atom stereocenters. The molecular formula is C13H15FIN. The molecule has 3 heteroatoms. The number of rotatable bonds is 4. The van der Waals surface area contributed by atoms with Gasteiger partial charge in [0.25, 0.3) is 0 Å². The molecule has 0 fully saturated rings. The van der Waals surface area contributed by atoms with Crippen LogP contribution >= 0.6 is 22.6 Å². The molecule has 0 bridgehead atoms. The fraction of sp³-hybridized carbons (Fsp3) is 0.385. The van der Waals surface area contributed by atoms with E-state index in [2.05, 4.69) is 46.7 Å². The van der Waals surface area contributed by atoms with Crippen LogP contribution < -0.4 is 5.32 Å². The molecule has 16 heavy (non-hydrogen) atoms. The van der Waals surface area contributed by atoms with Crippen molar-refractivity contribution in [3.05, 3.63) is 33.1 Å². The summed E-state index contributed by atoms with van der Waals surface area (Å²) in [6.07, 6.45) is 0.756. The molecule has 1 unspecified atom stereocenters. The fourth-order valence-corrected chi connectivity index (χ4v) is 2.38. The summed E-state index contributed by atoms with van der Waals surface area (Å²) in [6.45, 7) is 4.77. The van der Waals surface area contributed by atoms with Crippen LogP contribution in [0.25, 0.3) is 0 Å². The van der Waals surface area contributed by atoms with Crippen LogP contribution in [0, 0.1) is 21.2 Å². The first-order valence-corrected chi connectivity index (χ1v) is 6.34. The number of benzene rings is 1. The Morgan fingerprint density at radius 3 is 2.81 bits per heavy atom. The van der Waals surface area contributed by atoms with Gasteiger partial charge >= 0.3 is 0 Å². The third kappa shape index (κ3) is 3.76. The van der Waals surface area contributed by atoms with E-state index in [0.717, 1.165) is 22.1 Å². The number of halogens is 2. The predicted molar refractivity (Wildman–Crippen MR) is 73.6 cm³/mol. The molecular weight excluding hydrogens is 316 g/mol. The average molecular weight is 331 g/mol. The Balaban J connectivity index is 2.94. The molecule has 1 nitrogen and oxygen atoms in total. The Hall–Kier alpha value is -0.600. The van der Waals surface area contributed by atoms with Gasteiger partial charge in [0, 0.05) is 16.0 Å². The van der Waals surface area contributed by atoms with E-state index in [-0.39, 0.29) is 11.9 Å². The van der Waals surface area contributed by atoms with Crippen LogP contribution in [0.15, 0.2) is 18.2 Å². The quantitative estimate of drug-likeness (QED) is 0.658. The largest absolute Gasteiger partial charge is 0.309 e. The van der Waals surface area contributed by atoms with E-state index in [1.54, 1.807) is 6.07 Å². The van der Waals surface area contributed by atoms with Gasteiger partial charge in [0.15, 0.2) is 0 Å². The van der Waals surface area contributed by atoms with Crippen molar-refractivity contribution in [1.82, 2.24) is 5.32 Å². The molecule has 0 aliphatic rings. The first-order chi connectivity index (χ1) is 7.69. The standard InChI is InChI=1S/C13H15FIN/c1-3-5-6-13(16-4-2)11-8-7-10(14)9-12(11)15/h7-9,13,16H,4,6H2,1-2H3. The van der Waals surface area contributed by atoms with E-state index < -0.39 is 0 Å². The summed E-state index contributed by atoms with van der Waals surface area (Å²) in [7, 11) is 0. The maximum absolute atomic E-state index is 13.0. The highest BCUT2D eigenvalue weighted by Gasteiger charge is 2.12. The molecule has 86 valence electrons. The van der Waals surface area contributed by atoms with Gasteiger partial charge in [-0.05, 0) is 53.8 Å². The second kappa shape index (κ2) is 6.87. The lowest BCUT2D eigenvalue weighted by Crippen LogP contribution is -2.21. The molecule has 1 aromatic carbocycles. The van der Waals surface area contributed by atoms with Crippen LogP contribution in [0.4, 0.5) is 4.39 Å². The van der Waals surface area contributed by atoms with Crippen molar-refractivity contribution in [1.29, 1.82) is 0 Å². The lowest BCUT2D eigenvalue weighted by Gasteiger charge is -2.17. The van der Waals surface area contributed by atoms with Crippen LogP contribution in [0.5, 0.6) is 0 Å². The van der Waals surface area contributed by atoms with Crippen molar-refractivity contribution in [2.24, 2.45) is 0 Å². The zero-order valence-electron chi connectivity index (χ0n) is 9.48. The van der Waals surface area contributed by atoms with Gasteiger partial charge in [0.1, 0.15) is 5.82 Å². The normalized spacial score (nSPS) is 11.8. The maximum atomic E-state index is 13.0. The highest BCUT2D eigenvalue weighted by atomic mass is 127. The van der Waals surface area contributed by atoms with Crippen LogP contribution in [-0.4, -0.2) is 6.54 Å². The van der Waals surface area contributed by atoms with E-state index in [1.807, 2.05) is 13.0 Å². The summed E-state index contributed by atoms with van der Waals surface area (Å²) in [4.78, 5) is 0.